The number of rotatable bonds is 8. The maximum atomic E-state index is 13.5. The van der Waals surface area contributed by atoms with Crippen molar-refractivity contribution in [1.82, 2.24) is 0 Å². The average Bonchev–Trinajstić information content (AvgIpc) is 3.21. The second kappa shape index (κ2) is 11.2. The number of nitrogens with one attached hydrogen (secondary N) is 2. The third-order valence-electron chi connectivity index (χ3n) is 6.51. The first-order chi connectivity index (χ1) is 17.2. The summed E-state index contributed by atoms with van der Waals surface area (Å²) in [5.41, 5.74) is 2.46. The monoisotopic (exact) mass is 506 g/mol. The molecule has 1 unspecified atom stereocenters. The van der Waals surface area contributed by atoms with Crippen LogP contribution in [0.15, 0.2) is 54.6 Å². The third-order valence-corrected chi connectivity index (χ3v) is 7.68. The quantitative estimate of drug-likeness (QED) is 0.362. The van der Waals surface area contributed by atoms with Gasteiger partial charge in [0.1, 0.15) is 16.5 Å². The Hall–Kier alpha value is -3.32. The van der Waals surface area contributed by atoms with Gasteiger partial charge in [0.05, 0.1) is 12.2 Å². The Morgan fingerprint density at radius 3 is 2.33 bits per heavy atom. The fourth-order valence-corrected chi connectivity index (χ4v) is 5.82. The van der Waals surface area contributed by atoms with E-state index in [1.807, 2.05) is 49.4 Å². The van der Waals surface area contributed by atoms with Crippen LogP contribution in [-0.2, 0) is 17.6 Å². The van der Waals surface area contributed by atoms with Gasteiger partial charge in [0.15, 0.2) is 6.61 Å². The molecule has 0 fully saturated rings. The number of benzene rings is 2. The normalized spacial score (nSPS) is 15.1. The summed E-state index contributed by atoms with van der Waals surface area (Å²) in [6, 6.07) is 16.5. The molecule has 3 aromatic rings. The summed E-state index contributed by atoms with van der Waals surface area (Å²) in [4.78, 5) is 27.5. The standard InChI is InChI=1S/C29H34N2O4S/c1-5-34-22-14-12-20(13-15-22)30-27(33)26-23-16-11-19(29(2,3)4)17-24(23)36-28(26)31-25(32)18-35-21-9-7-6-8-10-21/h6-10,12-15,19H,5,11,16-18H2,1-4H3,(H,30,33)(H,31,32). The van der Waals surface area contributed by atoms with Gasteiger partial charge in [0.25, 0.3) is 11.8 Å². The first-order valence-corrected chi connectivity index (χ1v) is 13.2. The lowest BCUT2D eigenvalue weighted by Crippen LogP contribution is -2.27. The summed E-state index contributed by atoms with van der Waals surface area (Å²) in [7, 11) is 0. The van der Waals surface area contributed by atoms with Crippen LogP contribution < -0.4 is 20.1 Å². The highest BCUT2D eigenvalue weighted by Gasteiger charge is 2.34. The fourth-order valence-electron chi connectivity index (χ4n) is 4.48. The van der Waals surface area contributed by atoms with Crippen LogP contribution in [-0.4, -0.2) is 25.0 Å². The van der Waals surface area contributed by atoms with E-state index in [1.54, 1.807) is 12.1 Å². The Morgan fingerprint density at radius 1 is 0.972 bits per heavy atom. The lowest BCUT2D eigenvalue weighted by molar-refractivity contribution is -0.118. The summed E-state index contributed by atoms with van der Waals surface area (Å²) in [5.74, 6) is 1.39. The summed E-state index contributed by atoms with van der Waals surface area (Å²) in [6.45, 7) is 9.18. The molecule has 2 amide bonds. The lowest BCUT2D eigenvalue weighted by atomic mass is 9.72. The number of ether oxygens (including phenoxy) is 2. The van der Waals surface area contributed by atoms with Crippen molar-refractivity contribution in [1.29, 1.82) is 0 Å². The minimum absolute atomic E-state index is 0.128. The molecule has 1 aliphatic carbocycles. The van der Waals surface area contributed by atoms with E-state index >= 15 is 0 Å². The molecule has 0 saturated heterocycles. The highest BCUT2D eigenvalue weighted by Crippen LogP contribution is 2.44. The number of anilines is 2. The van der Waals surface area contributed by atoms with Crippen LogP contribution in [0.5, 0.6) is 11.5 Å². The van der Waals surface area contributed by atoms with Crippen LogP contribution in [0.1, 0.15) is 54.9 Å². The predicted octanol–water partition coefficient (Wildman–Crippen LogP) is 6.57. The molecule has 1 heterocycles. The molecule has 1 atom stereocenters. The second-order valence-electron chi connectivity index (χ2n) is 10.1. The molecule has 36 heavy (non-hydrogen) atoms. The molecule has 0 radical (unpaired) electrons. The number of hydrogen-bond donors (Lipinski definition) is 2. The van der Waals surface area contributed by atoms with Gasteiger partial charge in [0, 0.05) is 10.6 Å². The molecule has 0 spiro atoms. The van der Waals surface area contributed by atoms with Gasteiger partial charge in [-0.2, -0.15) is 0 Å². The van der Waals surface area contributed by atoms with Crippen molar-refractivity contribution in [2.75, 3.05) is 23.8 Å². The van der Waals surface area contributed by atoms with E-state index in [0.29, 0.717) is 34.5 Å². The van der Waals surface area contributed by atoms with E-state index < -0.39 is 0 Å². The van der Waals surface area contributed by atoms with Crippen molar-refractivity contribution >= 4 is 33.8 Å². The molecule has 2 aromatic carbocycles. The van der Waals surface area contributed by atoms with Crippen LogP contribution >= 0.6 is 11.3 Å². The SMILES string of the molecule is CCOc1ccc(NC(=O)c2c(NC(=O)COc3ccccc3)sc3c2CCC(C(C)(C)C)C3)cc1. The van der Waals surface area contributed by atoms with Crippen molar-refractivity contribution in [2.45, 2.75) is 47.0 Å². The number of fused-ring (bicyclic) bond motifs is 1. The number of para-hydroxylation sites is 1. The summed E-state index contributed by atoms with van der Waals surface area (Å²) < 4.78 is 11.1. The molecule has 1 aromatic heterocycles. The Morgan fingerprint density at radius 2 is 1.67 bits per heavy atom. The highest BCUT2D eigenvalue weighted by molar-refractivity contribution is 7.17. The molecule has 0 aliphatic heterocycles. The van der Waals surface area contributed by atoms with E-state index in [2.05, 4.69) is 31.4 Å². The minimum atomic E-state index is -0.292. The van der Waals surface area contributed by atoms with Crippen LogP contribution in [0.25, 0.3) is 0 Å². The summed E-state index contributed by atoms with van der Waals surface area (Å²) in [5, 5.41) is 6.55. The lowest BCUT2D eigenvalue weighted by Gasteiger charge is -2.33. The number of thiophene rings is 1. The molecular weight excluding hydrogens is 472 g/mol. The Labute approximate surface area is 217 Å². The van der Waals surface area contributed by atoms with Crippen molar-refractivity contribution in [3.8, 4) is 11.5 Å². The smallest absolute Gasteiger partial charge is 0.262 e. The Balaban J connectivity index is 1.55. The van der Waals surface area contributed by atoms with Gasteiger partial charge in [-0.15, -0.1) is 11.3 Å². The zero-order valence-corrected chi connectivity index (χ0v) is 22.2. The second-order valence-corrected chi connectivity index (χ2v) is 11.2. The van der Waals surface area contributed by atoms with Gasteiger partial charge in [-0.1, -0.05) is 39.0 Å². The van der Waals surface area contributed by atoms with E-state index in [0.717, 1.165) is 30.6 Å². The van der Waals surface area contributed by atoms with E-state index in [9.17, 15) is 9.59 Å². The van der Waals surface area contributed by atoms with E-state index in [4.69, 9.17) is 9.47 Å². The fraction of sp³-hybridized carbons (Fsp3) is 0.379. The molecule has 1 aliphatic rings. The Kier molecular flexibility index (Phi) is 7.99. The molecule has 2 N–H and O–H groups in total. The maximum Gasteiger partial charge on any atom is 0.262 e. The van der Waals surface area contributed by atoms with Gasteiger partial charge in [-0.05, 0) is 79.5 Å². The van der Waals surface area contributed by atoms with Crippen molar-refractivity contribution in [3.63, 3.8) is 0 Å². The van der Waals surface area contributed by atoms with Crippen molar-refractivity contribution in [3.05, 3.63) is 70.6 Å². The van der Waals surface area contributed by atoms with Gasteiger partial charge in [-0.3, -0.25) is 9.59 Å². The molecular formula is C29H34N2O4S. The first-order valence-electron chi connectivity index (χ1n) is 12.4. The van der Waals surface area contributed by atoms with Crippen LogP contribution in [0.3, 0.4) is 0 Å². The topological polar surface area (TPSA) is 76.7 Å². The first kappa shape index (κ1) is 25.8. The molecule has 6 nitrogen and oxygen atoms in total. The zero-order valence-electron chi connectivity index (χ0n) is 21.4. The van der Waals surface area contributed by atoms with Gasteiger partial charge < -0.3 is 20.1 Å². The number of amides is 2. The summed E-state index contributed by atoms with van der Waals surface area (Å²) in [6.07, 6.45) is 2.74. The van der Waals surface area contributed by atoms with Gasteiger partial charge in [0.2, 0.25) is 0 Å². The third kappa shape index (κ3) is 6.26. The van der Waals surface area contributed by atoms with E-state index in [1.165, 1.54) is 16.2 Å². The number of hydrogen-bond acceptors (Lipinski definition) is 5. The molecule has 0 saturated carbocycles. The number of carbonyl (C=O) groups excluding carboxylic acids is 2. The van der Waals surface area contributed by atoms with Crippen LogP contribution in [0.2, 0.25) is 0 Å². The summed E-state index contributed by atoms with van der Waals surface area (Å²) >= 11 is 1.51. The minimum Gasteiger partial charge on any atom is -0.494 e. The zero-order chi connectivity index (χ0) is 25.7. The van der Waals surface area contributed by atoms with Gasteiger partial charge in [-0.25, -0.2) is 0 Å². The average molecular weight is 507 g/mol. The molecule has 4 rings (SSSR count). The predicted molar refractivity (Wildman–Crippen MR) is 145 cm³/mol. The van der Waals surface area contributed by atoms with E-state index in [-0.39, 0.29) is 23.8 Å². The molecule has 0 bridgehead atoms. The van der Waals surface area contributed by atoms with Gasteiger partial charge >= 0.3 is 0 Å². The molecule has 190 valence electrons. The highest BCUT2D eigenvalue weighted by atomic mass is 32.1. The van der Waals surface area contributed by atoms with Crippen molar-refractivity contribution < 1.29 is 19.1 Å². The largest absolute Gasteiger partial charge is 0.494 e. The Bertz CT molecular complexity index is 1200. The maximum absolute atomic E-state index is 13.5. The van der Waals surface area contributed by atoms with Crippen molar-refractivity contribution in [2.24, 2.45) is 11.3 Å². The number of carbonyl (C=O) groups is 2. The molecule has 7 heteroatoms. The van der Waals surface area contributed by atoms with Crippen LogP contribution in [0, 0.1) is 11.3 Å². The van der Waals surface area contributed by atoms with Crippen LogP contribution in [0.4, 0.5) is 10.7 Å².